The molecule has 4 aliphatic rings. The Bertz CT molecular complexity index is 486. The van der Waals surface area contributed by atoms with E-state index in [0.29, 0.717) is 5.41 Å². The van der Waals surface area contributed by atoms with Crippen LogP contribution >= 0.6 is 0 Å². The Kier molecular flexibility index (Phi) is 3.81. The van der Waals surface area contributed by atoms with Crippen LogP contribution in [0.1, 0.15) is 85.0 Å². The summed E-state index contributed by atoms with van der Waals surface area (Å²) in [5, 5.41) is 0. The molecule has 7 atom stereocenters. The largest absolute Gasteiger partial charge is 0.462 e. The highest BCUT2D eigenvalue weighted by atomic mass is 16.5. The molecule has 23 heavy (non-hydrogen) atoms. The van der Waals surface area contributed by atoms with Crippen molar-refractivity contribution in [3.63, 3.8) is 0 Å². The zero-order valence-electron chi connectivity index (χ0n) is 15.3. The van der Waals surface area contributed by atoms with Gasteiger partial charge >= 0.3 is 5.97 Å². The molecule has 0 aromatic rings. The van der Waals surface area contributed by atoms with Crippen molar-refractivity contribution in [2.45, 2.75) is 91.1 Å². The minimum Gasteiger partial charge on any atom is -0.462 e. The molecule has 0 aromatic carbocycles. The Morgan fingerprint density at radius 1 is 0.870 bits per heavy atom. The normalized spacial score (nSPS) is 52.2. The van der Waals surface area contributed by atoms with Gasteiger partial charge in [0.15, 0.2) is 0 Å². The molecule has 0 unspecified atom stereocenters. The van der Waals surface area contributed by atoms with E-state index in [0.717, 1.165) is 30.1 Å². The molecule has 2 nitrogen and oxygen atoms in total. The number of rotatable bonds is 1. The second kappa shape index (κ2) is 5.49. The van der Waals surface area contributed by atoms with Gasteiger partial charge in [0.2, 0.25) is 0 Å². The van der Waals surface area contributed by atoms with Crippen molar-refractivity contribution < 1.29 is 9.53 Å². The average molecular weight is 319 g/mol. The molecule has 0 radical (unpaired) electrons. The first kappa shape index (κ1) is 16.0. The van der Waals surface area contributed by atoms with Gasteiger partial charge in [0.25, 0.3) is 0 Å². The van der Waals surface area contributed by atoms with Crippen LogP contribution in [-0.4, -0.2) is 12.1 Å². The molecule has 130 valence electrons. The summed E-state index contributed by atoms with van der Waals surface area (Å²) in [6, 6.07) is 0. The highest BCUT2D eigenvalue weighted by Crippen LogP contribution is 2.66. The second-order valence-electron chi connectivity index (χ2n) is 9.62. The molecule has 0 spiro atoms. The third-order valence-electron chi connectivity index (χ3n) is 8.80. The fourth-order valence-corrected chi connectivity index (χ4v) is 7.64. The number of carbonyl (C=O) groups is 1. The maximum atomic E-state index is 11.5. The SMILES string of the molecule is CC(=O)O[C@H]1CC[C@H]2[C@@H]3CC[C@@H]4CCCC[C@]4(C)[C@H]3CC[C@]12C. The average Bonchev–Trinajstić information content (AvgIpc) is 2.83. The van der Waals surface area contributed by atoms with E-state index >= 15 is 0 Å². The van der Waals surface area contributed by atoms with Crippen LogP contribution in [0.4, 0.5) is 0 Å². The van der Waals surface area contributed by atoms with Gasteiger partial charge in [-0.2, -0.15) is 0 Å². The van der Waals surface area contributed by atoms with E-state index in [1.165, 1.54) is 57.8 Å². The van der Waals surface area contributed by atoms with E-state index in [2.05, 4.69) is 13.8 Å². The summed E-state index contributed by atoms with van der Waals surface area (Å²) in [5.74, 6) is 3.55. The van der Waals surface area contributed by atoms with E-state index < -0.39 is 0 Å². The van der Waals surface area contributed by atoms with Crippen LogP contribution in [0.25, 0.3) is 0 Å². The second-order valence-corrected chi connectivity index (χ2v) is 9.62. The molecule has 4 rings (SSSR count). The summed E-state index contributed by atoms with van der Waals surface area (Å²) in [4.78, 5) is 11.5. The van der Waals surface area contributed by atoms with E-state index in [1.54, 1.807) is 6.92 Å². The summed E-state index contributed by atoms with van der Waals surface area (Å²) in [6.07, 6.45) is 14.0. The predicted molar refractivity (Wildman–Crippen MR) is 91.9 cm³/mol. The van der Waals surface area contributed by atoms with E-state index in [4.69, 9.17) is 4.74 Å². The van der Waals surface area contributed by atoms with Crippen LogP contribution in [0.5, 0.6) is 0 Å². The molecule has 0 amide bonds. The van der Waals surface area contributed by atoms with Gasteiger partial charge < -0.3 is 4.74 Å². The molecular weight excluding hydrogens is 284 g/mol. The Hall–Kier alpha value is -0.530. The minimum atomic E-state index is -0.0815. The first-order valence-corrected chi connectivity index (χ1v) is 10.1. The third kappa shape index (κ3) is 2.30. The first-order chi connectivity index (χ1) is 10.9. The highest BCUT2D eigenvalue weighted by molar-refractivity contribution is 5.66. The molecule has 0 bridgehead atoms. The maximum absolute atomic E-state index is 11.5. The Balaban J connectivity index is 1.59. The van der Waals surface area contributed by atoms with Crippen LogP contribution < -0.4 is 0 Å². The lowest BCUT2D eigenvalue weighted by atomic mass is 9.45. The zero-order chi connectivity index (χ0) is 16.2. The summed E-state index contributed by atoms with van der Waals surface area (Å²) in [7, 11) is 0. The fourth-order valence-electron chi connectivity index (χ4n) is 7.64. The Morgan fingerprint density at radius 3 is 2.43 bits per heavy atom. The predicted octanol–water partition coefficient (Wildman–Crippen LogP) is 5.35. The maximum Gasteiger partial charge on any atom is 0.302 e. The number of esters is 1. The van der Waals surface area contributed by atoms with Crippen molar-refractivity contribution in [3.05, 3.63) is 0 Å². The van der Waals surface area contributed by atoms with Crippen molar-refractivity contribution >= 4 is 5.97 Å². The van der Waals surface area contributed by atoms with E-state index in [9.17, 15) is 4.79 Å². The lowest BCUT2D eigenvalue weighted by Crippen LogP contribution is -2.53. The van der Waals surface area contributed by atoms with Crippen LogP contribution in [0.2, 0.25) is 0 Å². The topological polar surface area (TPSA) is 26.3 Å². The van der Waals surface area contributed by atoms with Crippen molar-refractivity contribution in [2.75, 3.05) is 0 Å². The summed E-state index contributed by atoms with van der Waals surface area (Å²) >= 11 is 0. The molecule has 0 heterocycles. The number of hydrogen-bond acceptors (Lipinski definition) is 2. The van der Waals surface area contributed by atoms with Gasteiger partial charge in [0, 0.05) is 12.3 Å². The Labute approximate surface area is 141 Å². The number of fused-ring (bicyclic) bond motifs is 5. The molecule has 0 N–H and O–H groups in total. The van der Waals surface area contributed by atoms with Crippen LogP contribution in [0.15, 0.2) is 0 Å². The third-order valence-corrected chi connectivity index (χ3v) is 8.80. The smallest absolute Gasteiger partial charge is 0.302 e. The Morgan fingerprint density at radius 2 is 1.65 bits per heavy atom. The van der Waals surface area contributed by atoms with Crippen molar-refractivity contribution in [3.8, 4) is 0 Å². The number of carbonyl (C=O) groups excluding carboxylic acids is 1. The molecule has 0 aliphatic heterocycles. The lowest BCUT2D eigenvalue weighted by molar-refractivity contribution is -0.161. The minimum absolute atomic E-state index is 0.0815. The number of hydrogen-bond donors (Lipinski definition) is 0. The summed E-state index contributed by atoms with van der Waals surface area (Å²) in [5.41, 5.74) is 0.868. The molecule has 4 fully saturated rings. The van der Waals surface area contributed by atoms with Crippen molar-refractivity contribution in [1.29, 1.82) is 0 Å². The summed E-state index contributed by atoms with van der Waals surface area (Å²) < 4.78 is 5.76. The molecular formula is C21H34O2. The van der Waals surface area contributed by atoms with Gasteiger partial charge in [-0.3, -0.25) is 4.79 Å². The fraction of sp³-hybridized carbons (Fsp3) is 0.952. The van der Waals surface area contributed by atoms with Gasteiger partial charge in [-0.15, -0.1) is 0 Å². The first-order valence-electron chi connectivity index (χ1n) is 10.1. The van der Waals surface area contributed by atoms with Gasteiger partial charge in [-0.25, -0.2) is 0 Å². The molecule has 4 saturated carbocycles. The molecule has 0 aromatic heterocycles. The standard InChI is InChI=1S/C21H34O2/c1-14(22)23-19-10-9-17-16-8-7-15-6-4-5-12-20(15,2)18(16)11-13-21(17,19)3/h15-19H,4-13H2,1-3H3/t15-,16-,17-,18-,19-,20-,21-/m0/s1. The van der Waals surface area contributed by atoms with Gasteiger partial charge in [-0.05, 0) is 80.5 Å². The highest BCUT2D eigenvalue weighted by Gasteiger charge is 2.60. The van der Waals surface area contributed by atoms with Crippen molar-refractivity contribution in [1.82, 2.24) is 0 Å². The van der Waals surface area contributed by atoms with Gasteiger partial charge in [0.05, 0.1) is 0 Å². The molecule has 0 saturated heterocycles. The van der Waals surface area contributed by atoms with Crippen LogP contribution in [-0.2, 0) is 9.53 Å². The monoisotopic (exact) mass is 318 g/mol. The quantitative estimate of drug-likeness (QED) is 0.609. The van der Waals surface area contributed by atoms with E-state index in [1.807, 2.05) is 0 Å². The van der Waals surface area contributed by atoms with Crippen molar-refractivity contribution in [2.24, 2.45) is 34.5 Å². The number of ether oxygens (including phenoxy) is 1. The molecule has 2 heteroatoms. The van der Waals surface area contributed by atoms with E-state index in [-0.39, 0.29) is 17.5 Å². The summed E-state index contributed by atoms with van der Waals surface area (Å²) in [6.45, 7) is 6.65. The van der Waals surface area contributed by atoms with Crippen LogP contribution in [0, 0.1) is 34.5 Å². The lowest BCUT2D eigenvalue weighted by Gasteiger charge is -2.60. The zero-order valence-corrected chi connectivity index (χ0v) is 15.3. The van der Waals surface area contributed by atoms with Gasteiger partial charge in [0.1, 0.15) is 6.10 Å². The van der Waals surface area contributed by atoms with Gasteiger partial charge in [-0.1, -0.05) is 26.7 Å². The van der Waals surface area contributed by atoms with Crippen LogP contribution in [0.3, 0.4) is 0 Å². The molecule has 4 aliphatic carbocycles.